The number of benzene rings is 1. The summed E-state index contributed by atoms with van der Waals surface area (Å²) in [5.74, 6) is 1.27. The van der Waals surface area contributed by atoms with E-state index in [0.29, 0.717) is 22.1 Å². The average molecular weight is 341 g/mol. The summed E-state index contributed by atoms with van der Waals surface area (Å²) in [6.45, 7) is 1.65. The molecule has 1 aromatic heterocycles. The summed E-state index contributed by atoms with van der Waals surface area (Å²) in [4.78, 5) is 20.4. The number of thiazole rings is 1. The molecule has 24 heavy (non-hydrogen) atoms. The molecule has 0 spiro atoms. The van der Waals surface area contributed by atoms with E-state index < -0.39 is 17.8 Å². The van der Waals surface area contributed by atoms with Crippen molar-refractivity contribution >= 4 is 23.1 Å². The maximum atomic E-state index is 13.5. The lowest BCUT2D eigenvalue weighted by Crippen LogP contribution is -2.32. The lowest BCUT2D eigenvalue weighted by Gasteiger charge is -2.25. The molecule has 0 unspecified atom stereocenters. The van der Waals surface area contributed by atoms with Crippen LogP contribution in [0.3, 0.4) is 0 Å². The second-order valence-electron chi connectivity index (χ2n) is 5.06. The predicted octanol–water partition coefficient (Wildman–Crippen LogP) is 2.71. The molecule has 1 aliphatic heterocycles. The maximum Gasteiger partial charge on any atom is 0.335 e. The van der Waals surface area contributed by atoms with E-state index in [4.69, 9.17) is 6.42 Å². The lowest BCUT2D eigenvalue weighted by atomic mass is 9.92. The number of terminal acetylenes is 1. The first kappa shape index (κ1) is 15.9. The fourth-order valence-corrected chi connectivity index (χ4v) is 3.11. The Morgan fingerprint density at radius 1 is 1.50 bits per heavy atom. The Morgan fingerprint density at radius 3 is 2.92 bits per heavy atom. The van der Waals surface area contributed by atoms with Crippen LogP contribution in [0.4, 0.5) is 4.39 Å². The molecule has 2 aromatic rings. The van der Waals surface area contributed by atoms with Crippen LogP contribution in [0, 0.1) is 18.2 Å². The maximum absolute atomic E-state index is 13.5. The summed E-state index contributed by atoms with van der Waals surface area (Å²) < 4.78 is 13.5. The highest BCUT2D eigenvalue weighted by molar-refractivity contribution is 7.11. The zero-order valence-electron chi connectivity index (χ0n) is 12.6. The molecule has 0 saturated carbocycles. The number of nitrogens with zero attached hydrogens (tertiary/aromatic N) is 2. The number of amidine groups is 1. The second-order valence-corrected chi connectivity index (χ2v) is 5.96. The molecule has 0 fully saturated rings. The minimum absolute atomic E-state index is 0.0680. The van der Waals surface area contributed by atoms with Crippen molar-refractivity contribution in [1.82, 2.24) is 10.3 Å². The Balaban J connectivity index is 2.18. The van der Waals surface area contributed by atoms with Crippen molar-refractivity contribution in [1.29, 1.82) is 0 Å². The van der Waals surface area contributed by atoms with Gasteiger partial charge < -0.3 is 10.4 Å². The smallest absolute Gasteiger partial charge is 0.335 e. The van der Waals surface area contributed by atoms with Gasteiger partial charge >= 0.3 is 5.97 Å². The third-order valence-electron chi connectivity index (χ3n) is 3.57. The van der Waals surface area contributed by atoms with Crippen molar-refractivity contribution in [2.75, 3.05) is 0 Å². The summed E-state index contributed by atoms with van der Waals surface area (Å²) in [6.07, 6.45) is 7.09. The van der Waals surface area contributed by atoms with Crippen molar-refractivity contribution in [3.8, 4) is 12.3 Å². The molecule has 0 saturated heterocycles. The fraction of sp³-hybridized carbons (Fsp3) is 0.118. The van der Waals surface area contributed by atoms with E-state index >= 15 is 0 Å². The first-order valence-electron chi connectivity index (χ1n) is 6.96. The molecule has 1 aliphatic rings. The quantitative estimate of drug-likeness (QED) is 0.842. The van der Waals surface area contributed by atoms with Gasteiger partial charge in [0.15, 0.2) is 10.8 Å². The van der Waals surface area contributed by atoms with Gasteiger partial charge in [-0.25, -0.2) is 14.2 Å². The van der Waals surface area contributed by atoms with Crippen LogP contribution >= 0.6 is 11.3 Å². The van der Waals surface area contributed by atoms with Crippen LogP contribution in [0.5, 0.6) is 0 Å². The summed E-state index contributed by atoms with van der Waals surface area (Å²) in [7, 11) is 0. The highest BCUT2D eigenvalue weighted by atomic mass is 32.1. The van der Waals surface area contributed by atoms with Crippen molar-refractivity contribution in [2.24, 2.45) is 4.99 Å². The SMILES string of the molecule is C#Cc1cc(F)ccc1[C@@H]1N=C(c2nccs2)NC(C)=C1C(=O)O. The molecule has 0 bridgehead atoms. The third kappa shape index (κ3) is 2.79. The Hall–Kier alpha value is -2.98. The van der Waals surface area contributed by atoms with Crippen LogP contribution in [0.1, 0.15) is 29.1 Å². The molecule has 1 aromatic carbocycles. The molecule has 0 amide bonds. The number of hydrogen-bond donors (Lipinski definition) is 2. The molecule has 3 rings (SSSR count). The van der Waals surface area contributed by atoms with Crippen molar-refractivity contribution in [3.05, 3.63) is 63.0 Å². The zero-order chi connectivity index (χ0) is 17.3. The summed E-state index contributed by atoms with van der Waals surface area (Å²) in [5.41, 5.74) is 1.25. The fourth-order valence-electron chi connectivity index (χ4n) is 2.52. The first-order valence-corrected chi connectivity index (χ1v) is 7.84. The summed E-state index contributed by atoms with van der Waals surface area (Å²) >= 11 is 1.38. The lowest BCUT2D eigenvalue weighted by molar-refractivity contribution is -0.133. The molecule has 5 nitrogen and oxygen atoms in total. The number of aromatic nitrogens is 1. The van der Waals surface area contributed by atoms with Crippen LogP contribution in [0.2, 0.25) is 0 Å². The van der Waals surface area contributed by atoms with Crippen LogP contribution in [-0.2, 0) is 4.79 Å². The number of aliphatic imine (C=N–C) groups is 1. The van der Waals surface area contributed by atoms with Crippen LogP contribution in [0.25, 0.3) is 0 Å². The predicted molar refractivity (Wildman–Crippen MR) is 89.2 cm³/mol. The van der Waals surface area contributed by atoms with Gasteiger partial charge in [-0.2, -0.15) is 0 Å². The number of hydrogen-bond acceptors (Lipinski definition) is 5. The number of aliphatic carboxylic acids is 1. The van der Waals surface area contributed by atoms with E-state index in [0.717, 1.165) is 0 Å². The number of rotatable bonds is 3. The summed E-state index contributed by atoms with van der Waals surface area (Å²) in [5, 5.41) is 15.0. The Bertz CT molecular complexity index is 910. The largest absolute Gasteiger partial charge is 0.478 e. The van der Waals surface area contributed by atoms with Crippen molar-refractivity contribution in [3.63, 3.8) is 0 Å². The zero-order valence-corrected chi connectivity index (χ0v) is 13.4. The molecule has 0 aliphatic carbocycles. The van der Waals surface area contributed by atoms with Crippen molar-refractivity contribution in [2.45, 2.75) is 13.0 Å². The van der Waals surface area contributed by atoms with E-state index in [1.54, 1.807) is 18.5 Å². The molecule has 7 heteroatoms. The monoisotopic (exact) mass is 341 g/mol. The molecular weight excluding hydrogens is 329 g/mol. The second kappa shape index (κ2) is 6.26. The number of carbonyl (C=O) groups is 1. The van der Waals surface area contributed by atoms with Crippen LogP contribution < -0.4 is 5.32 Å². The summed E-state index contributed by atoms with van der Waals surface area (Å²) in [6, 6.07) is 3.07. The molecular formula is C17H12FN3O2S. The molecule has 120 valence electrons. The minimum Gasteiger partial charge on any atom is -0.478 e. The number of nitrogens with one attached hydrogen (secondary N) is 1. The Morgan fingerprint density at radius 2 is 2.29 bits per heavy atom. The Kier molecular flexibility index (Phi) is 4.15. The van der Waals surface area contributed by atoms with E-state index in [2.05, 4.69) is 21.2 Å². The van der Waals surface area contributed by atoms with Gasteiger partial charge in [-0.3, -0.25) is 4.99 Å². The first-order chi connectivity index (χ1) is 11.5. The molecule has 1 atom stereocenters. The van der Waals surface area contributed by atoms with Gasteiger partial charge in [-0.15, -0.1) is 17.8 Å². The van der Waals surface area contributed by atoms with Crippen molar-refractivity contribution < 1.29 is 14.3 Å². The van der Waals surface area contributed by atoms with Gasteiger partial charge in [0.1, 0.15) is 11.9 Å². The highest BCUT2D eigenvalue weighted by Gasteiger charge is 2.31. The molecule has 2 N–H and O–H groups in total. The normalized spacial score (nSPS) is 17.0. The van der Waals surface area contributed by atoms with Gasteiger partial charge in [0.2, 0.25) is 0 Å². The molecule has 0 radical (unpaired) electrons. The van der Waals surface area contributed by atoms with Gasteiger partial charge in [0.25, 0.3) is 0 Å². The van der Waals surface area contributed by atoms with Gasteiger partial charge in [0, 0.05) is 22.8 Å². The highest BCUT2D eigenvalue weighted by Crippen LogP contribution is 2.33. The van der Waals surface area contributed by atoms with Crippen LogP contribution in [0.15, 0.2) is 46.0 Å². The van der Waals surface area contributed by atoms with E-state index in [9.17, 15) is 14.3 Å². The Labute approximate surface area is 141 Å². The van der Waals surface area contributed by atoms with Gasteiger partial charge in [0.05, 0.1) is 5.57 Å². The average Bonchev–Trinajstić information content (AvgIpc) is 3.08. The third-order valence-corrected chi connectivity index (χ3v) is 4.35. The number of carboxylic acid groups (broad SMARTS) is 1. The van der Waals surface area contributed by atoms with E-state index in [1.807, 2.05) is 0 Å². The standard InChI is InChI=1S/C17H12FN3O2S/c1-3-10-8-11(18)4-5-12(10)14-13(17(22)23)9(2)20-15(21-14)16-19-6-7-24-16/h1,4-8,14H,2H3,(H,20,21)(H,22,23)/t14-/m0/s1. The van der Waals surface area contributed by atoms with E-state index in [1.165, 1.54) is 29.5 Å². The van der Waals surface area contributed by atoms with Gasteiger partial charge in [-0.1, -0.05) is 12.0 Å². The number of halogens is 1. The number of allylic oxidation sites excluding steroid dienone is 1. The van der Waals surface area contributed by atoms with Crippen LogP contribution in [-0.4, -0.2) is 21.9 Å². The van der Waals surface area contributed by atoms with Gasteiger partial charge in [-0.05, 0) is 24.6 Å². The molecule has 2 heterocycles. The van der Waals surface area contributed by atoms with E-state index in [-0.39, 0.29) is 11.1 Å². The minimum atomic E-state index is -1.11. The topological polar surface area (TPSA) is 74.6 Å². The number of carboxylic acids is 1.